The van der Waals surface area contributed by atoms with Crippen LogP contribution in [0, 0.1) is 0 Å². The van der Waals surface area contributed by atoms with E-state index in [4.69, 9.17) is 0 Å². The smallest absolute Gasteiger partial charge is 0.518 e. The highest BCUT2D eigenvalue weighted by Gasteiger charge is 2.45. The zero-order valence-electron chi connectivity index (χ0n) is 9.18. The van der Waals surface area contributed by atoms with Crippen LogP contribution in [0.4, 0.5) is 13.2 Å². The minimum atomic E-state index is -5.77. The topological polar surface area (TPSA) is 69.6 Å². The zero-order chi connectivity index (χ0) is 14.0. The van der Waals surface area contributed by atoms with Crippen molar-refractivity contribution in [3.63, 3.8) is 0 Å². The Morgan fingerprint density at radius 3 is 2.22 bits per heavy atom. The number of benzene rings is 1. The van der Waals surface area contributed by atoms with Crippen molar-refractivity contribution in [2.45, 2.75) is 18.3 Å². The molecule has 0 bridgehead atoms. The molecule has 0 radical (unpaired) electrons. The summed E-state index contributed by atoms with van der Waals surface area (Å²) < 4.78 is 59.7. The third kappa shape index (κ3) is 3.22. The van der Waals surface area contributed by atoms with Gasteiger partial charge in [0, 0.05) is 5.92 Å². The molecule has 0 saturated heterocycles. The highest BCUT2D eigenvalue weighted by Crippen LogP contribution is 2.25. The average molecular weight is 280 g/mol. The Balaban J connectivity index is 3.06. The highest BCUT2D eigenvalue weighted by atomic mass is 32.2. The Morgan fingerprint density at radius 2 is 1.78 bits per heavy atom. The summed E-state index contributed by atoms with van der Waals surface area (Å²) >= 11 is 0. The third-order valence-electron chi connectivity index (χ3n) is 2.17. The van der Waals surface area contributed by atoms with Crippen molar-refractivity contribution in [1.29, 1.82) is 0 Å². The number of alkyl halides is 3. The molecular weight excluding hydrogens is 271 g/mol. The van der Waals surface area contributed by atoms with Crippen molar-refractivity contribution in [1.82, 2.24) is 0 Å². The molecule has 1 atom stereocenters. The van der Waals surface area contributed by atoms with Gasteiger partial charge in [0.15, 0.2) is 0 Å². The highest BCUT2D eigenvalue weighted by molar-refractivity contribution is 7.91. The minimum absolute atomic E-state index is 0.392. The van der Waals surface area contributed by atoms with E-state index in [1.807, 2.05) is 0 Å². The van der Waals surface area contributed by atoms with Gasteiger partial charge in [-0.3, -0.25) is 0 Å². The van der Waals surface area contributed by atoms with Crippen molar-refractivity contribution < 1.29 is 26.7 Å². The molecule has 0 aliphatic rings. The quantitative estimate of drug-likeness (QED) is 0.620. The lowest BCUT2D eigenvalue weighted by Crippen LogP contribution is -2.29. The van der Waals surface area contributed by atoms with E-state index >= 15 is 0 Å². The first-order valence-electron chi connectivity index (χ1n) is 4.78. The molecule has 0 spiro atoms. The monoisotopic (exact) mass is 280 g/mol. The molecule has 0 N–H and O–H groups in total. The van der Waals surface area contributed by atoms with Crippen molar-refractivity contribution in [3.8, 4) is 0 Å². The van der Waals surface area contributed by atoms with Gasteiger partial charge in [0.05, 0.1) is 0 Å². The maximum Gasteiger partial charge on any atom is 0.518 e. The van der Waals surface area contributed by atoms with Crippen molar-refractivity contribution >= 4 is 15.9 Å². The summed E-state index contributed by atoms with van der Waals surface area (Å²) in [6.45, 7) is 1.28. The molecule has 0 saturated carbocycles. The van der Waals surface area contributed by atoms with E-state index in [2.05, 4.69) is 4.40 Å². The van der Waals surface area contributed by atoms with E-state index in [1.165, 1.54) is 19.1 Å². The lowest BCUT2D eigenvalue weighted by atomic mass is 10.0. The Kier molecular flexibility index (Phi) is 4.00. The molecule has 0 fully saturated rings. The van der Waals surface area contributed by atoms with E-state index in [-0.39, 0.29) is 0 Å². The second kappa shape index (κ2) is 4.97. The van der Waals surface area contributed by atoms with E-state index in [0.717, 1.165) is 0 Å². The standard InChI is InChI=1S/C10H10F3NO3S/c1-7(8-5-3-2-4-6-8)9(15)14-18(16,17)10(11,12)13/h2-7H,1H3,(H,14,15)/p-1. The van der Waals surface area contributed by atoms with Crippen LogP contribution in [-0.4, -0.2) is 19.8 Å². The Hall–Kier alpha value is -1.57. The third-order valence-corrected chi connectivity index (χ3v) is 3.18. The second-order valence-electron chi connectivity index (χ2n) is 3.48. The van der Waals surface area contributed by atoms with Gasteiger partial charge in [-0.15, -0.1) is 0 Å². The van der Waals surface area contributed by atoms with Gasteiger partial charge in [-0.1, -0.05) is 37.3 Å². The fourth-order valence-corrected chi connectivity index (χ4v) is 1.63. The predicted molar refractivity (Wildman–Crippen MR) is 57.3 cm³/mol. The van der Waals surface area contributed by atoms with Gasteiger partial charge >= 0.3 is 15.5 Å². The Bertz CT molecular complexity index is 537. The summed E-state index contributed by atoms with van der Waals surface area (Å²) in [6.07, 6.45) is 0. The van der Waals surface area contributed by atoms with Crippen LogP contribution in [0.3, 0.4) is 0 Å². The molecule has 100 valence electrons. The Morgan fingerprint density at radius 1 is 1.28 bits per heavy atom. The summed E-state index contributed by atoms with van der Waals surface area (Å²) in [6, 6.07) is 7.82. The van der Waals surface area contributed by atoms with E-state index in [0.29, 0.717) is 5.56 Å². The van der Waals surface area contributed by atoms with Crippen LogP contribution in [-0.2, 0) is 10.0 Å². The molecule has 18 heavy (non-hydrogen) atoms. The number of hydrogen-bond acceptors (Lipinski definition) is 3. The SMILES string of the molecule is CC(/C([O-])=N/S(=O)(=O)C(F)(F)F)c1ccccc1. The van der Waals surface area contributed by atoms with Gasteiger partial charge in [-0.25, -0.2) is 0 Å². The van der Waals surface area contributed by atoms with Crippen molar-refractivity contribution in [3.05, 3.63) is 35.9 Å². The number of rotatable bonds is 3. The van der Waals surface area contributed by atoms with Crippen LogP contribution in [0.25, 0.3) is 0 Å². The summed E-state index contributed by atoms with van der Waals surface area (Å²) in [5, 5.41) is 11.4. The first kappa shape index (κ1) is 14.5. The maximum absolute atomic E-state index is 12.0. The van der Waals surface area contributed by atoms with Crippen LogP contribution in [0.1, 0.15) is 18.4 Å². The summed E-state index contributed by atoms with van der Waals surface area (Å²) in [5.41, 5.74) is -5.16. The number of nitrogens with zero attached hydrogens (tertiary/aromatic N) is 1. The first-order chi connectivity index (χ1) is 8.15. The first-order valence-corrected chi connectivity index (χ1v) is 6.22. The van der Waals surface area contributed by atoms with Crippen LogP contribution in [0.15, 0.2) is 34.7 Å². The van der Waals surface area contributed by atoms with E-state index in [1.54, 1.807) is 18.2 Å². The fraction of sp³-hybridized carbons (Fsp3) is 0.300. The molecule has 0 amide bonds. The fourth-order valence-electron chi connectivity index (χ4n) is 1.13. The molecule has 0 aliphatic carbocycles. The molecule has 0 aromatic heterocycles. The molecule has 0 aliphatic heterocycles. The summed E-state index contributed by atoms with van der Waals surface area (Å²) in [7, 11) is -5.77. The van der Waals surface area contributed by atoms with Crippen LogP contribution >= 0.6 is 0 Å². The van der Waals surface area contributed by atoms with Gasteiger partial charge < -0.3 is 5.11 Å². The van der Waals surface area contributed by atoms with Gasteiger partial charge in [-0.05, 0) is 11.5 Å². The largest absolute Gasteiger partial charge is 0.861 e. The molecule has 1 unspecified atom stereocenters. The number of hydrogen-bond donors (Lipinski definition) is 0. The molecular formula is C10H9F3NO3S-. The molecule has 1 aromatic carbocycles. The van der Waals surface area contributed by atoms with Gasteiger partial charge in [0.1, 0.15) is 0 Å². The van der Waals surface area contributed by atoms with Crippen molar-refractivity contribution in [2.75, 3.05) is 0 Å². The van der Waals surface area contributed by atoms with Gasteiger partial charge in [0.2, 0.25) is 0 Å². The van der Waals surface area contributed by atoms with E-state index in [9.17, 15) is 26.7 Å². The van der Waals surface area contributed by atoms with Crippen molar-refractivity contribution in [2.24, 2.45) is 4.40 Å². The lowest BCUT2D eigenvalue weighted by molar-refractivity contribution is -0.219. The Labute approximate surface area is 102 Å². The molecule has 0 heterocycles. The summed E-state index contributed by atoms with van der Waals surface area (Å²) in [4.78, 5) is 0. The van der Waals surface area contributed by atoms with Gasteiger partial charge in [0.25, 0.3) is 0 Å². The molecule has 8 heteroatoms. The molecule has 1 aromatic rings. The number of sulfonamides is 1. The van der Waals surface area contributed by atoms with Crippen LogP contribution in [0.2, 0.25) is 0 Å². The number of halogens is 3. The second-order valence-corrected chi connectivity index (χ2v) is 5.08. The van der Waals surface area contributed by atoms with Gasteiger partial charge in [-0.2, -0.15) is 26.0 Å². The van der Waals surface area contributed by atoms with Crippen LogP contribution < -0.4 is 5.11 Å². The zero-order valence-corrected chi connectivity index (χ0v) is 9.99. The maximum atomic E-state index is 12.0. The predicted octanol–water partition coefficient (Wildman–Crippen LogP) is 1.40. The average Bonchev–Trinajstić information content (AvgIpc) is 2.27. The summed E-state index contributed by atoms with van der Waals surface area (Å²) in [5.74, 6) is -2.40. The van der Waals surface area contributed by atoms with E-state index < -0.39 is 27.3 Å². The lowest BCUT2D eigenvalue weighted by Gasteiger charge is -2.19. The minimum Gasteiger partial charge on any atom is -0.861 e. The molecule has 1 rings (SSSR count). The van der Waals surface area contributed by atoms with Crippen LogP contribution in [0.5, 0.6) is 0 Å². The normalized spacial score (nSPS) is 15.4. The molecule has 4 nitrogen and oxygen atoms in total.